The van der Waals surface area contributed by atoms with Gasteiger partial charge in [0.1, 0.15) is 0 Å². The molecule has 1 atom stereocenters. The van der Waals surface area contributed by atoms with E-state index in [0.29, 0.717) is 5.75 Å². The van der Waals surface area contributed by atoms with Crippen LogP contribution < -0.4 is 0 Å². The molecule has 110 valence electrons. The fourth-order valence-electron chi connectivity index (χ4n) is 2.67. The highest BCUT2D eigenvalue weighted by Crippen LogP contribution is 2.33. The van der Waals surface area contributed by atoms with Crippen molar-refractivity contribution in [2.45, 2.75) is 38.9 Å². The number of hydrogen-bond acceptors (Lipinski definition) is 2. The maximum Gasteiger partial charge on any atom is 0.0824 e. The SMILES string of the molecule is C=S(C)(=O)Cc1nn(C)c2c(C(C)(C)C)ccc(C)c12. The molecule has 1 heterocycles. The summed E-state index contributed by atoms with van der Waals surface area (Å²) in [5.41, 5.74) is 4.55. The van der Waals surface area contributed by atoms with E-state index in [1.54, 1.807) is 6.26 Å². The highest BCUT2D eigenvalue weighted by molar-refractivity contribution is 7.98. The molecule has 0 aliphatic rings. The Morgan fingerprint density at radius 1 is 1.35 bits per heavy atom. The number of aryl methyl sites for hydroxylation is 2. The van der Waals surface area contributed by atoms with Crippen molar-refractivity contribution in [3.63, 3.8) is 0 Å². The lowest BCUT2D eigenvalue weighted by Gasteiger charge is -2.21. The first-order valence-corrected chi connectivity index (χ1v) is 9.07. The third-order valence-corrected chi connectivity index (χ3v) is 4.40. The summed E-state index contributed by atoms with van der Waals surface area (Å²) in [5, 5.41) is 5.74. The summed E-state index contributed by atoms with van der Waals surface area (Å²) in [6.45, 7) is 8.69. The number of fused-ring (bicyclic) bond motifs is 1. The van der Waals surface area contributed by atoms with Crippen molar-refractivity contribution < 1.29 is 4.21 Å². The average Bonchev–Trinajstić information content (AvgIpc) is 2.53. The largest absolute Gasteiger partial charge is 0.268 e. The van der Waals surface area contributed by atoms with E-state index in [-0.39, 0.29) is 5.41 Å². The Morgan fingerprint density at radius 2 is 1.95 bits per heavy atom. The van der Waals surface area contributed by atoms with Crippen LogP contribution in [0.25, 0.3) is 10.9 Å². The van der Waals surface area contributed by atoms with Gasteiger partial charge in [-0.3, -0.25) is 8.89 Å². The molecule has 0 saturated heterocycles. The summed E-state index contributed by atoms with van der Waals surface area (Å²) in [5.74, 6) is 4.19. The van der Waals surface area contributed by atoms with Crippen LogP contribution >= 0.6 is 0 Å². The zero-order chi connectivity index (χ0) is 15.3. The predicted molar refractivity (Wildman–Crippen MR) is 89.0 cm³/mol. The van der Waals surface area contributed by atoms with Gasteiger partial charge in [0.2, 0.25) is 0 Å². The Hall–Kier alpha value is -1.29. The molecule has 4 heteroatoms. The Kier molecular flexibility index (Phi) is 3.49. The van der Waals surface area contributed by atoms with Crippen LogP contribution in [0.15, 0.2) is 12.1 Å². The molecule has 0 fully saturated rings. The normalized spacial score (nSPS) is 15.5. The van der Waals surface area contributed by atoms with Gasteiger partial charge >= 0.3 is 0 Å². The summed E-state index contributed by atoms with van der Waals surface area (Å²) in [4.78, 5) is 0. The number of rotatable bonds is 2. The van der Waals surface area contributed by atoms with Crippen molar-refractivity contribution in [3.05, 3.63) is 29.0 Å². The fraction of sp³-hybridized carbons (Fsp3) is 0.500. The Morgan fingerprint density at radius 3 is 2.45 bits per heavy atom. The number of nitrogens with zero attached hydrogens (tertiary/aromatic N) is 2. The van der Waals surface area contributed by atoms with Crippen LogP contribution in [0.5, 0.6) is 0 Å². The van der Waals surface area contributed by atoms with Crippen LogP contribution in [-0.2, 0) is 27.7 Å². The van der Waals surface area contributed by atoms with Crippen molar-refractivity contribution in [2.24, 2.45) is 7.05 Å². The molecule has 0 aliphatic carbocycles. The van der Waals surface area contributed by atoms with Gasteiger partial charge in [0, 0.05) is 18.7 Å². The van der Waals surface area contributed by atoms with E-state index in [9.17, 15) is 4.21 Å². The molecular formula is C16H24N2OS. The standard InChI is InChI=1S/C16H24N2OS/c1-11-8-9-12(16(2,3)4)15-14(11)13(17-18(15)5)10-20(6,7)19/h8-9H,6,10H2,1-5,7H3. The zero-order valence-electron chi connectivity index (χ0n) is 13.3. The Bertz CT molecular complexity index is 762. The Labute approximate surface area is 122 Å². The maximum absolute atomic E-state index is 12.0. The molecule has 0 saturated carbocycles. The molecule has 0 radical (unpaired) electrons. The number of aromatic nitrogens is 2. The van der Waals surface area contributed by atoms with Gasteiger partial charge in [0.05, 0.1) is 17.0 Å². The quantitative estimate of drug-likeness (QED) is 0.798. The lowest BCUT2D eigenvalue weighted by molar-refractivity contribution is 0.590. The molecule has 2 rings (SSSR count). The topological polar surface area (TPSA) is 34.9 Å². The van der Waals surface area contributed by atoms with Crippen LogP contribution in [0.4, 0.5) is 0 Å². The molecule has 0 N–H and O–H groups in total. The third kappa shape index (κ3) is 2.75. The van der Waals surface area contributed by atoms with Crippen molar-refractivity contribution in [3.8, 4) is 0 Å². The zero-order valence-corrected chi connectivity index (χ0v) is 14.1. The molecule has 20 heavy (non-hydrogen) atoms. The average molecular weight is 292 g/mol. The summed E-state index contributed by atoms with van der Waals surface area (Å²) in [6, 6.07) is 4.31. The van der Waals surface area contributed by atoms with E-state index in [2.05, 4.69) is 50.8 Å². The van der Waals surface area contributed by atoms with Crippen LogP contribution in [0.3, 0.4) is 0 Å². The van der Waals surface area contributed by atoms with E-state index < -0.39 is 9.52 Å². The molecule has 0 amide bonds. The molecule has 2 aromatic rings. The second-order valence-electron chi connectivity index (χ2n) is 6.80. The number of hydrogen-bond donors (Lipinski definition) is 0. The van der Waals surface area contributed by atoms with Gasteiger partial charge < -0.3 is 0 Å². The van der Waals surface area contributed by atoms with Gasteiger partial charge in [-0.05, 0) is 38.9 Å². The van der Waals surface area contributed by atoms with Gasteiger partial charge in [-0.1, -0.05) is 32.9 Å². The van der Waals surface area contributed by atoms with Gasteiger partial charge in [0.15, 0.2) is 0 Å². The first-order chi connectivity index (χ1) is 9.00. The monoisotopic (exact) mass is 292 g/mol. The molecule has 1 aromatic heterocycles. The van der Waals surface area contributed by atoms with E-state index in [1.165, 1.54) is 11.1 Å². The summed E-state index contributed by atoms with van der Waals surface area (Å²) < 4.78 is 14.0. The van der Waals surface area contributed by atoms with E-state index in [4.69, 9.17) is 0 Å². The van der Waals surface area contributed by atoms with E-state index in [0.717, 1.165) is 16.6 Å². The van der Waals surface area contributed by atoms with Crippen LogP contribution in [0.1, 0.15) is 37.6 Å². The first-order valence-electron chi connectivity index (χ1n) is 6.76. The van der Waals surface area contributed by atoms with Crippen LogP contribution in [-0.4, -0.2) is 26.1 Å². The second-order valence-corrected chi connectivity index (χ2v) is 9.46. The smallest absolute Gasteiger partial charge is 0.0824 e. The minimum absolute atomic E-state index is 0.0507. The summed E-state index contributed by atoms with van der Waals surface area (Å²) >= 11 is 0. The summed E-state index contributed by atoms with van der Waals surface area (Å²) in [7, 11) is -0.137. The summed E-state index contributed by atoms with van der Waals surface area (Å²) in [6.07, 6.45) is 1.69. The molecule has 1 unspecified atom stereocenters. The van der Waals surface area contributed by atoms with Crippen molar-refractivity contribution in [2.75, 3.05) is 6.26 Å². The third-order valence-electron chi connectivity index (χ3n) is 3.52. The van der Waals surface area contributed by atoms with Gasteiger partial charge in [0.25, 0.3) is 0 Å². The fourth-order valence-corrected chi connectivity index (χ4v) is 3.45. The molecule has 1 aromatic carbocycles. The van der Waals surface area contributed by atoms with Gasteiger partial charge in [-0.15, -0.1) is 0 Å². The highest BCUT2D eigenvalue weighted by atomic mass is 32.2. The van der Waals surface area contributed by atoms with Crippen LogP contribution in [0, 0.1) is 6.92 Å². The van der Waals surface area contributed by atoms with E-state index >= 15 is 0 Å². The van der Waals surface area contributed by atoms with Crippen molar-refractivity contribution in [1.29, 1.82) is 0 Å². The van der Waals surface area contributed by atoms with Gasteiger partial charge in [-0.2, -0.15) is 5.10 Å². The maximum atomic E-state index is 12.0. The highest BCUT2D eigenvalue weighted by Gasteiger charge is 2.22. The minimum atomic E-state index is -2.10. The van der Waals surface area contributed by atoms with Crippen molar-refractivity contribution in [1.82, 2.24) is 9.78 Å². The molecule has 0 spiro atoms. The van der Waals surface area contributed by atoms with E-state index in [1.807, 2.05) is 11.7 Å². The first kappa shape index (κ1) is 15.1. The number of benzene rings is 1. The Balaban J connectivity index is 2.83. The molecular weight excluding hydrogens is 268 g/mol. The molecule has 0 aliphatic heterocycles. The molecule has 3 nitrogen and oxygen atoms in total. The van der Waals surface area contributed by atoms with Crippen molar-refractivity contribution >= 4 is 26.3 Å². The minimum Gasteiger partial charge on any atom is -0.268 e. The lowest BCUT2D eigenvalue weighted by atomic mass is 9.84. The predicted octanol–water partition coefficient (Wildman–Crippen LogP) is 3.03. The molecule has 0 bridgehead atoms. The second kappa shape index (κ2) is 4.62. The van der Waals surface area contributed by atoms with Gasteiger partial charge in [-0.25, -0.2) is 0 Å². The van der Waals surface area contributed by atoms with Crippen LogP contribution in [0.2, 0.25) is 0 Å². The lowest BCUT2D eigenvalue weighted by Crippen LogP contribution is -2.13.